The lowest BCUT2D eigenvalue weighted by molar-refractivity contribution is -0.170. The van der Waals surface area contributed by atoms with E-state index in [1.807, 2.05) is 0 Å². The highest BCUT2D eigenvalue weighted by molar-refractivity contribution is 5.82. The van der Waals surface area contributed by atoms with E-state index in [9.17, 15) is 14.7 Å². The van der Waals surface area contributed by atoms with Gasteiger partial charge in [-0.25, -0.2) is 14.7 Å². The van der Waals surface area contributed by atoms with Crippen LogP contribution in [0.2, 0.25) is 0 Å². The molecule has 0 heterocycles. The summed E-state index contributed by atoms with van der Waals surface area (Å²) in [5.41, 5.74) is 0. The van der Waals surface area contributed by atoms with Crippen molar-refractivity contribution in [3.63, 3.8) is 0 Å². The predicted octanol–water partition coefficient (Wildman–Crippen LogP) is -1.68. The van der Waals surface area contributed by atoms with E-state index >= 15 is 0 Å². The van der Waals surface area contributed by atoms with Gasteiger partial charge in [0.25, 0.3) is 0 Å². The van der Waals surface area contributed by atoms with Gasteiger partial charge in [-0.1, -0.05) is 0 Å². The van der Waals surface area contributed by atoms with Crippen molar-refractivity contribution >= 4 is 11.9 Å². The van der Waals surface area contributed by atoms with Crippen LogP contribution in [-0.4, -0.2) is 39.5 Å². The van der Waals surface area contributed by atoms with E-state index in [1.165, 1.54) is 0 Å². The number of carboxylic acid groups (broad SMARTS) is 2. The molecule has 0 amide bonds. The zero-order valence-corrected chi connectivity index (χ0v) is 4.72. The maximum Gasteiger partial charge on any atom is 0.339 e. The summed E-state index contributed by atoms with van der Waals surface area (Å²) in [5.74, 6) is -3.71. The van der Waals surface area contributed by atoms with Crippen molar-refractivity contribution in [1.82, 2.24) is 0 Å². The maximum absolute atomic E-state index is 10.1. The molecule has 0 aliphatic rings. The van der Waals surface area contributed by atoms with Crippen LogP contribution in [0.25, 0.3) is 0 Å². The zero-order valence-electron chi connectivity index (χ0n) is 4.72. The second kappa shape index (κ2) is 3.14. The van der Waals surface area contributed by atoms with Crippen molar-refractivity contribution in [3.8, 4) is 0 Å². The second-order valence-electron chi connectivity index (χ2n) is 1.54. The molecule has 6 nitrogen and oxygen atoms in total. The third-order valence-electron chi connectivity index (χ3n) is 0.783. The highest BCUT2D eigenvalue weighted by Crippen LogP contribution is 1.93. The lowest BCUT2D eigenvalue weighted by Gasteiger charge is -2.05. The largest absolute Gasteiger partial charge is 0.479 e. The van der Waals surface area contributed by atoms with Crippen LogP contribution in [0.4, 0.5) is 0 Å². The molecule has 1 radical (unpaired) electrons. The molecule has 0 bridgehead atoms. The van der Waals surface area contributed by atoms with Gasteiger partial charge in [0.05, 0.1) is 0 Å². The molecular weight excluding hydrogens is 144 g/mol. The summed E-state index contributed by atoms with van der Waals surface area (Å²) >= 11 is 0. The Hall–Kier alpha value is -1.14. The molecule has 0 unspecified atom stereocenters. The summed E-state index contributed by atoms with van der Waals surface area (Å²) in [6.07, 6.45) is -4.89. The topological polar surface area (TPSA) is 115 Å². The number of aliphatic hydroxyl groups excluding tert-OH is 1. The van der Waals surface area contributed by atoms with Crippen LogP contribution < -0.4 is 0 Å². The van der Waals surface area contributed by atoms with Crippen LogP contribution in [0.3, 0.4) is 0 Å². The van der Waals surface area contributed by atoms with Crippen molar-refractivity contribution in [2.24, 2.45) is 0 Å². The van der Waals surface area contributed by atoms with Gasteiger partial charge in [-0.05, 0) is 0 Å². The molecule has 57 valence electrons. The highest BCUT2D eigenvalue weighted by Gasteiger charge is 2.31. The maximum atomic E-state index is 10.1. The van der Waals surface area contributed by atoms with Crippen molar-refractivity contribution < 1.29 is 30.0 Å². The highest BCUT2D eigenvalue weighted by atomic mass is 16.4. The molecule has 2 atom stereocenters. The van der Waals surface area contributed by atoms with Crippen molar-refractivity contribution in [2.45, 2.75) is 12.2 Å². The van der Waals surface area contributed by atoms with Gasteiger partial charge >= 0.3 is 11.9 Å². The molecule has 0 aliphatic carbocycles. The average Bonchev–Trinajstić information content (AvgIpc) is 1.84. The molecule has 0 aromatic carbocycles. The van der Waals surface area contributed by atoms with Crippen LogP contribution in [-0.2, 0) is 14.7 Å². The third kappa shape index (κ3) is 2.00. The van der Waals surface area contributed by atoms with Gasteiger partial charge in [-0.3, -0.25) is 0 Å². The Morgan fingerprint density at radius 1 is 1.10 bits per heavy atom. The van der Waals surface area contributed by atoms with E-state index in [1.54, 1.807) is 0 Å². The number of aliphatic carboxylic acids is 2. The Kier molecular flexibility index (Phi) is 2.78. The summed E-state index contributed by atoms with van der Waals surface area (Å²) in [7, 11) is 0. The Morgan fingerprint density at radius 3 is 1.60 bits per heavy atom. The molecule has 6 heteroatoms. The van der Waals surface area contributed by atoms with Gasteiger partial charge in [-0.2, -0.15) is 0 Å². The average molecular weight is 149 g/mol. The zero-order chi connectivity index (χ0) is 8.31. The molecule has 10 heavy (non-hydrogen) atoms. The van der Waals surface area contributed by atoms with E-state index in [4.69, 9.17) is 15.3 Å². The molecule has 0 aromatic rings. The molecular formula is C4H5O6. The first-order valence-electron chi connectivity index (χ1n) is 2.26. The molecule has 0 saturated carbocycles. The molecule has 0 saturated heterocycles. The Balaban J connectivity index is 4.07. The Morgan fingerprint density at radius 2 is 1.50 bits per heavy atom. The number of aliphatic hydroxyl groups is 1. The summed E-state index contributed by atoms with van der Waals surface area (Å²) in [5, 5.41) is 34.2. The van der Waals surface area contributed by atoms with Gasteiger partial charge in [0, 0.05) is 0 Å². The first-order valence-corrected chi connectivity index (χ1v) is 2.26. The van der Waals surface area contributed by atoms with Gasteiger partial charge in [-0.15, -0.1) is 0 Å². The van der Waals surface area contributed by atoms with Gasteiger partial charge in [0.15, 0.2) is 6.10 Å². The van der Waals surface area contributed by atoms with E-state index < -0.39 is 24.1 Å². The lowest BCUT2D eigenvalue weighted by Crippen LogP contribution is -2.38. The van der Waals surface area contributed by atoms with Crippen LogP contribution in [0.5, 0.6) is 0 Å². The number of hydrogen-bond acceptors (Lipinski definition) is 3. The summed E-state index contributed by atoms with van der Waals surface area (Å²) < 4.78 is 0. The fraction of sp³-hybridized carbons (Fsp3) is 0.500. The fourth-order valence-corrected chi connectivity index (χ4v) is 0.265. The number of carboxylic acids is 2. The molecule has 0 aliphatic heterocycles. The van der Waals surface area contributed by atoms with Crippen LogP contribution >= 0.6 is 0 Å². The fourth-order valence-electron chi connectivity index (χ4n) is 0.265. The lowest BCUT2D eigenvalue weighted by atomic mass is 10.2. The molecule has 3 N–H and O–H groups in total. The normalized spacial score (nSPS) is 15.8. The van der Waals surface area contributed by atoms with E-state index in [0.29, 0.717) is 0 Å². The minimum atomic E-state index is -2.52. The van der Waals surface area contributed by atoms with Crippen LogP contribution in [0.15, 0.2) is 0 Å². The summed E-state index contributed by atoms with van der Waals surface area (Å²) in [6.45, 7) is 0. The number of hydrogen-bond donors (Lipinski definition) is 3. The van der Waals surface area contributed by atoms with E-state index in [-0.39, 0.29) is 0 Å². The minimum Gasteiger partial charge on any atom is -0.479 e. The third-order valence-corrected chi connectivity index (χ3v) is 0.783. The molecule has 0 spiro atoms. The van der Waals surface area contributed by atoms with Gasteiger partial charge in [0.1, 0.15) is 0 Å². The smallest absolute Gasteiger partial charge is 0.339 e. The van der Waals surface area contributed by atoms with Crippen molar-refractivity contribution in [1.29, 1.82) is 0 Å². The second-order valence-corrected chi connectivity index (χ2v) is 1.54. The quantitative estimate of drug-likeness (QED) is 0.443. The summed E-state index contributed by atoms with van der Waals surface area (Å²) in [6, 6.07) is 0. The predicted molar refractivity (Wildman–Crippen MR) is 25.8 cm³/mol. The van der Waals surface area contributed by atoms with Crippen molar-refractivity contribution in [2.75, 3.05) is 0 Å². The minimum absolute atomic E-state index is 1.83. The number of carbonyl (C=O) groups is 2. The van der Waals surface area contributed by atoms with Crippen molar-refractivity contribution in [3.05, 3.63) is 0 Å². The summed E-state index contributed by atoms with van der Waals surface area (Å²) in [4.78, 5) is 19.4. The van der Waals surface area contributed by atoms with Crippen LogP contribution in [0.1, 0.15) is 0 Å². The van der Waals surface area contributed by atoms with Gasteiger partial charge < -0.3 is 15.3 Å². The standard InChI is InChI=1S/C4H5O6/c5-1(3(7)8)2(6)4(9)10/h1-2,5H,(H,7,8)(H,9,10)/t1-,2-/m0/s1. The monoisotopic (exact) mass is 149 g/mol. The Labute approximate surface area is 55.3 Å². The first kappa shape index (κ1) is 8.86. The molecule has 0 aromatic heterocycles. The number of rotatable bonds is 3. The SMILES string of the molecule is [O][C@H](C(=O)O)[C@H](O)C(=O)O. The van der Waals surface area contributed by atoms with Crippen LogP contribution in [0, 0.1) is 0 Å². The molecule has 0 rings (SSSR count). The van der Waals surface area contributed by atoms with E-state index in [0.717, 1.165) is 0 Å². The molecule has 0 fully saturated rings. The first-order chi connectivity index (χ1) is 4.46. The Bertz CT molecular complexity index is 134. The van der Waals surface area contributed by atoms with E-state index in [2.05, 4.69) is 0 Å². The van der Waals surface area contributed by atoms with Gasteiger partial charge in [0.2, 0.25) is 6.10 Å².